The van der Waals surface area contributed by atoms with Crippen LogP contribution in [0.2, 0.25) is 0 Å². The number of fused-ring (bicyclic) bond motifs is 1. The first-order chi connectivity index (χ1) is 23.0. The molecular weight excluding hydrogens is 637 g/mol. The molecule has 1 aliphatic heterocycles. The summed E-state index contributed by atoms with van der Waals surface area (Å²) < 4.78 is 39.1. The van der Waals surface area contributed by atoms with Crippen LogP contribution in [0.4, 0.5) is 5.82 Å². The molecule has 2 saturated carbocycles. The summed E-state index contributed by atoms with van der Waals surface area (Å²) in [6.07, 6.45) is 9.75. The van der Waals surface area contributed by atoms with E-state index in [9.17, 15) is 14.2 Å². The van der Waals surface area contributed by atoms with Crippen molar-refractivity contribution in [2.75, 3.05) is 25.1 Å². The Balaban J connectivity index is 1.32. The minimum Gasteiger partial charge on any atom is -0.465 e. The van der Waals surface area contributed by atoms with Crippen molar-refractivity contribution < 1.29 is 32.7 Å². The minimum atomic E-state index is -4.16. The van der Waals surface area contributed by atoms with Gasteiger partial charge in [-0.1, -0.05) is 44.9 Å². The van der Waals surface area contributed by atoms with E-state index in [1.165, 1.54) is 6.92 Å². The van der Waals surface area contributed by atoms with Gasteiger partial charge in [0.15, 0.2) is 5.96 Å². The topological polar surface area (TPSA) is 180 Å². The molecule has 5 rings (SSSR count). The second-order valence-electron chi connectivity index (χ2n) is 12.9. The fourth-order valence-electron chi connectivity index (χ4n) is 5.65. The fourth-order valence-corrected chi connectivity index (χ4v) is 7.22. The summed E-state index contributed by atoms with van der Waals surface area (Å²) in [5.74, 6) is 0.503. The highest BCUT2D eigenvalue weighted by atomic mass is 31.2. The van der Waals surface area contributed by atoms with Crippen molar-refractivity contribution in [3.8, 4) is 5.75 Å². The van der Waals surface area contributed by atoms with Crippen LogP contribution < -0.4 is 26.0 Å². The molecule has 0 radical (unpaired) electrons. The van der Waals surface area contributed by atoms with Gasteiger partial charge in [0, 0.05) is 19.2 Å². The van der Waals surface area contributed by atoms with Crippen LogP contribution >= 0.6 is 7.75 Å². The molecule has 4 unspecified atom stereocenters. The summed E-state index contributed by atoms with van der Waals surface area (Å²) in [6, 6.07) is 7.98. The van der Waals surface area contributed by atoms with E-state index >= 15 is 0 Å². The Morgan fingerprint density at radius 3 is 2.56 bits per heavy atom. The normalized spacial score (nSPS) is 22.6. The Bertz CT molecular complexity index is 1540. The predicted molar refractivity (Wildman–Crippen MR) is 182 cm³/mol. The van der Waals surface area contributed by atoms with Crippen LogP contribution in [0.15, 0.2) is 47.2 Å². The average Bonchev–Trinajstić information content (AvgIpc) is 3.96. The van der Waals surface area contributed by atoms with Crippen molar-refractivity contribution in [3.05, 3.63) is 47.9 Å². The number of ether oxygens (including phenoxy) is 2. The molecule has 2 aromatic rings. The number of hydrogen-bond acceptors (Lipinski definition) is 12. The van der Waals surface area contributed by atoms with Gasteiger partial charge in [-0.15, -0.1) is 0 Å². The fraction of sp³-hybridized carbons (Fsp3) is 0.576. The SMILES string of the molecule is CCCC(CCC)COC(=O)C(C)NP(=O)(OCC1(COC(C)=O)C/C1=C/n1cnc2c1NC(N)=NC2NC1CC1)Oc1ccccc1. The first-order valence-corrected chi connectivity index (χ1v) is 18.3. The van der Waals surface area contributed by atoms with E-state index in [-0.39, 0.29) is 31.3 Å². The maximum Gasteiger partial charge on any atom is 0.459 e. The number of para-hydroxylation sites is 1. The standard InChI is InChI=1S/C33H48N7O7P/c1-5-10-24(11-6-2)18-44-31(42)22(3)39-48(43,47-27-12-8-7-9-13-27)46-20-33(19-45-23(4)41)16-25(33)17-40-21-35-28-29(36-26-14-15-26)37-32(34)38-30(28)40/h7-9,12-13,17,21-22,24,26,29,36H,5-6,10-11,14-16,18-20H2,1-4H3,(H,39,43)(H3,34,37,38)/b25-17-. The molecule has 3 aliphatic rings. The first kappa shape index (κ1) is 35.6. The molecule has 0 amide bonds. The molecule has 15 heteroatoms. The number of benzene rings is 1. The van der Waals surface area contributed by atoms with Crippen LogP contribution in [-0.2, 0) is 28.2 Å². The molecule has 1 aromatic heterocycles. The number of rotatable bonds is 19. The molecule has 0 spiro atoms. The van der Waals surface area contributed by atoms with Crippen molar-refractivity contribution in [1.29, 1.82) is 0 Å². The number of nitrogens with two attached hydrogens (primary N) is 1. The Hall–Kier alpha value is -3.71. The monoisotopic (exact) mass is 685 g/mol. The third-order valence-corrected chi connectivity index (χ3v) is 10.2. The zero-order chi connectivity index (χ0) is 34.3. The van der Waals surface area contributed by atoms with E-state index in [0.29, 0.717) is 30.6 Å². The predicted octanol–water partition coefficient (Wildman–Crippen LogP) is 5.11. The number of carbonyl (C=O) groups is 2. The van der Waals surface area contributed by atoms with E-state index in [1.54, 1.807) is 43.6 Å². The van der Waals surface area contributed by atoms with Crippen LogP contribution in [-0.4, -0.2) is 59.4 Å². The lowest BCUT2D eigenvalue weighted by atomic mass is 9.99. The van der Waals surface area contributed by atoms with Gasteiger partial charge in [0.25, 0.3) is 0 Å². The molecule has 2 aliphatic carbocycles. The summed E-state index contributed by atoms with van der Waals surface area (Å²) in [5, 5.41) is 9.32. The molecule has 2 fully saturated rings. The van der Waals surface area contributed by atoms with Crippen molar-refractivity contribution in [2.45, 2.75) is 90.9 Å². The second kappa shape index (κ2) is 15.7. The zero-order valence-electron chi connectivity index (χ0n) is 28.1. The molecular formula is C33H48N7O7P. The van der Waals surface area contributed by atoms with E-state index in [2.05, 4.69) is 39.5 Å². The first-order valence-electron chi connectivity index (χ1n) is 16.7. The summed E-state index contributed by atoms with van der Waals surface area (Å²) in [5.41, 5.74) is 6.90. The molecule has 14 nitrogen and oxygen atoms in total. The summed E-state index contributed by atoms with van der Waals surface area (Å²) >= 11 is 0. The Kier molecular flexibility index (Phi) is 11.6. The number of imidazole rings is 1. The Morgan fingerprint density at radius 1 is 1.17 bits per heavy atom. The minimum absolute atomic E-state index is 0.00683. The third kappa shape index (κ3) is 9.46. The quantitative estimate of drug-likeness (QED) is 0.114. The van der Waals surface area contributed by atoms with Crippen molar-refractivity contribution in [1.82, 2.24) is 20.0 Å². The largest absolute Gasteiger partial charge is 0.465 e. The zero-order valence-corrected chi connectivity index (χ0v) is 29.0. The molecule has 2 heterocycles. The number of aliphatic imine (C=N–C) groups is 1. The number of carbonyl (C=O) groups excluding carboxylic acids is 2. The average molecular weight is 686 g/mol. The lowest BCUT2D eigenvalue weighted by molar-refractivity contribution is -0.147. The van der Waals surface area contributed by atoms with Gasteiger partial charge >= 0.3 is 19.7 Å². The van der Waals surface area contributed by atoms with Gasteiger partial charge < -0.3 is 25.0 Å². The van der Waals surface area contributed by atoms with Gasteiger partial charge in [-0.25, -0.2) is 14.5 Å². The molecule has 5 N–H and O–H groups in total. The van der Waals surface area contributed by atoms with Crippen LogP contribution in [0, 0.1) is 11.3 Å². The molecule has 0 saturated heterocycles. The van der Waals surface area contributed by atoms with Gasteiger partial charge in [0.05, 0.1) is 18.6 Å². The highest BCUT2D eigenvalue weighted by Gasteiger charge is 2.52. The van der Waals surface area contributed by atoms with Gasteiger partial charge in [-0.05, 0) is 62.7 Å². The maximum atomic E-state index is 14.3. The summed E-state index contributed by atoms with van der Waals surface area (Å²) in [6.45, 7) is 7.26. The molecule has 262 valence electrons. The summed E-state index contributed by atoms with van der Waals surface area (Å²) in [7, 11) is -4.16. The van der Waals surface area contributed by atoms with Crippen molar-refractivity contribution >= 4 is 37.7 Å². The second-order valence-corrected chi connectivity index (χ2v) is 14.6. The van der Waals surface area contributed by atoms with Crippen LogP contribution in [0.25, 0.3) is 6.20 Å². The lowest BCUT2D eigenvalue weighted by Crippen LogP contribution is -2.36. The van der Waals surface area contributed by atoms with Gasteiger partial charge in [0.2, 0.25) is 0 Å². The Labute approximate surface area is 281 Å². The number of nitrogens with one attached hydrogen (secondary N) is 3. The van der Waals surface area contributed by atoms with Gasteiger partial charge in [0.1, 0.15) is 42.4 Å². The van der Waals surface area contributed by atoms with Crippen molar-refractivity contribution in [2.24, 2.45) is 22.1 Å². The molecule has 0 bridgehead atoms. The molecule has 4 atom stereocenters. The highest BCUT2D eigenvalue weighted by molar-refractivity contribution is 7.52. The van der Waals surface area contributed by atoms with E-state index in [0.717, 1.165) is 49.8 Å². The summed E-state index contributed by atoms with van der Waals surface area (Å²) in [4.78, 5) is 33.9. The van der Waals surface area contributed by atoms with Gasteiger partial charge in [-0.3, -0.25) is 24.0 Å². The number of aromatic nitrogens is 2. The van der Waals surface area contributed by atoms with E-state index in [4.69, 9.17) is 24.3 Å². The number of guanidine groups is 1. The third-order valence-electron chi connectivity index (χ3n) is 8.54. The number of esters is 2. The Morgan fingerprint density at radius 2 is 1.90 bits per heavy atom. The van der Waals surface area contributed by atoms with E-state index in [1.807, 2.05) is 10.8 Å². The number of anilines is 1. The maximum absolute atomic E-state index is 14.3. The number of hydrogen-bond donors (Lipinski definition) is 4. The van der Waals surface area contributed by atoms with E-state index < -0.39 is 31.1 Å². The smallest absolute Gasteiger partial charge is 0.459 e. The van der Waals surface area contributed by atoms with Gasteiger partial charge in [-0.2, -0.15) is 5.09 Å². The van der Waals surface area contributed by atoms with Crippen LogP contribution in [0.3, 0.4) is 0 Å². The molecule has 1 aromatic carbocycles. The van der Waals surface area contributed by atoms with Crippen LogP contribution in [0.5, 0.6) is 5.75 Å². The highest BCUT2D eigenvalue weighted by Crippen LogP contribution is 2.57. The van der Waals surface area contributed by atoms with Crippen LogP contribution in [0.1, 0.15) is 84.5 Å². The lowest BCUT2D eigenvalue weighted by Gasteiger charge is -2.25. The van der Waals surface area contributed by atoms with Crippen molar-refractivity contribution in [3.63, 3.8) is 0 Å². The molecule has 48 heavy (non-hydrogen) atoms. The number of nitrogens with zero attached hydrogens (tertiary/aromatic N) is 3.